The van der Waals surface area contributed by atoms with E-state index >= 15 is 0 Å². The first kappa shape index (κ1) is 16.1. The summed E-state index contributed by atoms with van der Waals surface area (Å²) in [4.78, 5) is 0.172. The van der Waals surface area contributed by atoms with Gasteiger partial charge in [0.05, 0.1) is 10.6 Å². The number of hydrogen-bond acceptors (Lipinski definition) is 2. The van der Waals surface area contributed by atoms with Crippen molar-refractivity contribution in [2.75, 3.05) is 11.4 Å². The molecule has 21 heavy (non-hydrogen) atoms. The third-order valence-corrected chi connectivity index (χ3v) is 5.66. The van der Waals surface area contributed by atoms with Crippen molar-refractivity contribution in [3.63, 3.8) is 0 Å². The Kier molecular flexibility index (Phi) is 4.81. The van der Waals surface area contributed by atoms with Gasteiger partial charge in [-0.25, -0.2) is 8.42 Å². The number of alkyl halides is 1. The van der Waals surface area contributed by atoms with Crippen LogP contribution in [0.2, 0.25) is 5.02 Å². The van der Waals surface area contributed by atoms with Crippen molar-refractivity contribution < 1.29 is 8.42 Å². The lowest BCUT2D eigenvalue weighted by Gasteiger charge is -2.20. The minimum Gasteiger partial charge on any atom is -0.269 e. The number of rotatable bonds is 4. The third-order valence-electron chi connectivity index (χ3n) is 3.22. The van der Waals surface area contributed by atoms with Crippen molar-refractivity contribution in [1.29, 1.82) is 0 Å². The van der Waals surface area contributed by atoms with Gasteiger partial charge in [-0.2, -0.15) is 0 Å². The molecule has 2 aromatic carbocycles. The van der Waals surface area contributed by atoms with E-state index in [0.717, 1.165) is 5.56 Å². The van der Waals surface area contributed by atoms with Gasteiger partial charge < -0.3 is 0 Å². The third kappa shape index (κ3) is 3.34. The maximum absolute atomic E-state index is 12.6. The number of nitrogens with zero attached hydrogens (tertiary/aromatic N) is 1. The Labute approximate surface area is 135 Å². The van der Waals surface area contributed by atoms with Crippen molar-refractivity contribution in [3.05, 3.63) is 58.6 Å². The number of hydrogen-bond donors (Lipinski definition) is 0. The van der Waals surface area contributed by atoms with Gasteiger partial charge in [0.1, 0.15) is 0 Å². The number of aryl methyl sites for hydroxylation is 1. The molecule has 0 aromatic heterocycles. The summed E-state index contributed by atoms with van der Waals surface area (Å²) in [6.45, 7) is 1.95. The Balaban J connectivity index is 2.43. The van der Waals surface area contributed by atoms with E-state index in [1.165, 1.54) is 23.5 Å². The van der Waals surface area contributed by atoms with Gasteiger partial charge in [-0.05, 0) is 42.8 Å². The van der Waals surface area contributed by atoms with Crippen LogP contribution >= 0.6 is 23.2 Å². The first-order valence-electron chi connectivity index (χ1n) is 6.26. The lowest BCUT2D eigenvalue weighted by atomic mass is 10.2. The first-order valence-corrected chi connectivity index (χ1v) is 8.61. The molecule has 0 bridgehead atoms. The average molecular weight is 344 g/mol. The van der Waals surface area contributed by atoms with E-state index in [9.17, 15) is 8.42 Å². The molecule has 2 aromatic rings. The molecule has 0 aliphatic rings. The highest BCUT2D eigenvalue weighted by atomic mass is 35.5. The highest BCUT2D eigenvalue weighted by molar-refractivity contribution is 7.92. The standard InChI is InChI=1S/C15H15Cl2NO2S/c1-11-3-5-13(6-4-11)18(2)21(19,20)14-7-8-15(17)12(9-14)10-16/h3-9H,10H2,1-2H3. The highest BCUT2D eigenvalue weighted by Gasteiger charge is 2.22. The van der Waals surface area contributed by atoms with Crippen molar-refractivity contribution in [2.45, 2.75) is 17.7 Å². The zero-order valence-electron chi connectivity index (χ0n) is 11.7. The summed E-state index contributed by atoms with van der Waals surface area (Å²) in [5.74, 6) is 0.163. The number of halogens is 2. The van der Waals surface area contributed by atoms with E-state index in [1.54, 1.807) is 18.2 Å². The van der Waals surface area contributed by atoms with Crippen molar-refractivity contribution >= 4 is 38.9 Å². The fourth-order valence-electron chi connectivity index (χ4n) is 1.87. The Bertz CT molecular complexity index is 743. The summed E-state index contributed by atoms with van der Waals surface area (Å²) in [7, 11) is -2.12. The highest BCUT2D eigenvalue weighted by Crippen LogP contribution is 2.26. The summed E-state index contributed by atoms with van der Waals surface area (Å²) >= 11 is 11.7. The van der Waals surface area contributed by atoms with Crippen LogP contribution in [0.3, 0.4) is 0 Å². The van der Waals surface area contributed by atoms with Gasteiger partial charge in [0.2, 0.25) is 0 Å². The van der Waals surface area contributed by atoms with Gasteiger partial charge in [-0.3, -0.25) is 4.31 Å². The van der Waals surface area contributed by atoms with Crippen molar-refractivity contribution in [1.82, 2.24) is 0 Å². The molecule has 0 amide bonds. The van der Waals surface area contributed by atoms with Gasteiger partial charge in [0, 0.05) is 18.0 Å². The van der Waals surface area contributed by atoms with E-state index in [1.807, 2.05) is 19.1 Å². The van der Waals surface area contributed by atoms with Gasteiger partial charge >= 0.3 is 0 Å². The summed E-state index contributed by atoms with van der Waals surface area (Å²) in [5.41, 5.74) is 2.26. The molecule has 0 heterocycles. The Morgan fingerprint density at radius 3 is 2.29 bits per heavy atom. The zero-order chi connectivity index (χ0) is 15.6. The van der Waals surface area contributed by atoms with E-state index in [4.69, 9.17) is 23.2 Å². The molecule has 3 nitrogen and oxygen atoms in total. The van der Waals surface area contributed by atoms with Crippen LogP contribution in [0.5, 0.6) is 0 Å². The maximum Gasteiger partial charge on any atom is 0.264 e. The Morgan fingerprint density at radius 1 is 1.10 bits per heavy atom. The van der Waals surface area contributed by atoms with Crippen LogP contribution in [0.1, 0.15) is 11.1 Å². The molecule has 0 fully saturated rings. The van der Waals surface area contributed by atoms with Crippen LogP contribution < -0.4 is 4.31 Å². The van der Waals surface area contributed by atoms with Gasteiger partial charge in [0.25, 0.3) is 10.0 Å². The molecule has 0 unspecified atom stereocenters. The van der Waals surface area contributed by atoms with Crippen molar-refractivity contribution in [3.8, 4) is 0 Å². The Hall–Kier alpha value is -1.23. The largest absolute Gasteiger partial charge is 0.269 e. The topological polar surface area (TPSA) is 37.4 Å². The Morgan fingerprint density at radius 2 is 1.71 bits per heavy atom. The second kappa shape index (κ2) is 6.26. The quantitative estimate of drug-likeness (QED) is 0.779. The van der Waals surface area contributed by atoms with Gasteiger partial charge in [-0.1, -0.05) is 29.3 Å². The molecule has 0 N–H and O–H groups in total. The molecular weight excluding hydrogens is 329 g/mol. The molecule has 0 radical (unpaired) electrons. The van der Waals surface area contributed by atoms with E-state index in [-0.39, 0.29) is 10.8 Å². The van der Waals surface area contributed by atoms with E-state index < -0.39 is 10.0 Å². The second-order valence-corrected chi connectivity index (χ2v) is 7.34. The van der Waals surface area contributed by atoms with Crippen LogP contribution in [0.15, 0.2) is 47.4 Å². The predicted octanol–water partition coefficient (Wildman–Crippen LogP) is 4.21. The summed E-state index contributed by atoms with van der Waals surface area (Å²) in [6, 6.07) is 11.8. The summed E-state index contributed by atoms with van der Waals surface area (Å²) in [5, 5.41) is 0.460. The second-order valence-electron chi connectivity index (χ2n) is 4.69. The van der Waals surface area contributed by atoms with Crippen LogP contribution in [-0.2, 0) is 15.9 Å². The number of sulfonamides is 1. The molecule has 6 heteroatoms. The molecule has 112 valence electrons. The monoisotopic (exact) mass is 343 g/mol. The van der Waals surface area contributed by atoms with Crippen molar-refractivity contribution in [2.24, 2.45) is 0 Å². The van der Waals surface area contributed by atoms with Crippen LogP contribution in [0.25, 0.3) is 0 Å². The molecule has 2 rings (SSSR count). The molecule has 0 aliphatic heterocycles. The lowest BCUT2D eigenvalue weighted by Crippen LogP contribution is -2.26. The fourth-order valence-corrected chi connectivity index (χ4v) is 3.59. The molecule has 0 atom stereocenters. The average Bonchev–Trinajstić information content (AvgIpc) is 2.47. The zero-order valence-corrected chi connectivity index (χ0v) is 14.0. The maximum atomic E-state index is 12.6. The molecule has 0 saturated heterocycles. The summed E-state index contributed by atoms with van der Waals surface area (Å²) in [6.07, 6.45) is 0. The van der Waals surface area contributed by atoms with Crippen LogP contribution in [0.4, 0.5) is 5.69 Å². The minimum atomic E-state index is -3.64. The van der Waals surface area contributed by atoms with E-state index in [0.29, 0.717) is 16.3 Å². The molecular formula is C15H15Cl2NO2S. The SMILES string of the molecule is Cc1ccc(N(C)S(=O)(=O)c2ccc(Cl)c(CCl)c2)cc1. The fraction of sp³-hybridized carbons (Fsp3) is 0.200. The number of anilines is 1. The smallest absolute Gasteiger partial charge is 0.264 e. The predicted molar refractivity (Wildman–Crippen MR) is 87.8 cm³/mol. The normalized spacial score (nSPS) is 11.4. The van der Waals surface area contributed by atoms with Gasteiger partial charge in [0.15, 0.2) is 0 Å². The lowest BCUT2D eigenvalue weighted by molar-refractivity contribution is 0.594. The van der Waals surface area contributed by atoms with Crippen LogP contribution in [0, 0.1) is 6.92 Å². The molecule has 0 saturated carbocycles. The summed E-state index contributed by atoms with van der Waals surface area (Å²) < 4.78 is 26.5. The molecule has 0 spiro atoms. The van der Waals surface area contributed by atoms with Gasteiger partial charge in [-0.15, -0.1) is 11.6 Å². The first-order chi connectivity index (χ1) is 9.86. The minimum absolute atomic E-state index is 0.163. The van der Waals surface area contributed by atoms with Crippen LogP contribution in [-0.4, -0.2) is 15.5 Å². The molecule has 0 aliphatic carbocycles. The van der Waals surface area contributed by atoms with E-state index in [2.05, 4.69) is 0 Å². The number of benzene rings is 2.